The zero-order valence-electron chi connectivity index (χ0n) is 11.9. The van der Waals surface area contributed by atoms with E-state index in [1.165, 1.54) is 24.8 Å². The molecule has 0 radical (unpaired) electrons. The smallest absolute Gasteiger partial charge is 0.115 e. The second-order valence-corrected chi connectivity index (χ2v) is 5.71. The molecule has 1 aromatic rings. The van der Waals surface area contributed by atoms with Crippen molar-refractivity contribution < 1.29 is 5.11 Å². The number of phenolic OH excluding ortho intramolecular Hbond substituents is 1. The lowest BCUT2D eigenvalue weighted by Gasteiger charge is -2.36. The first-order valence-electron chi connectivity index (χ1n) is 7.46. The topological polar surface area (TPSA) is 49.5 Å². The van der Waals surface area contributed by atoms with Gasteiger partial charge < -0.3 is 10.8 Å². The Morgan fingerprint density at radius 3 is 2.37 bits per heavy atom. The summed E-state index contributed by atoms with van der Waals surface area (Å²) in [6.45, 7) is 4.35. The van der Waals surface area contributed by atoms with Crippen LogP contribution < -0.4 is 5.73 Å². The van der Waals surface area contributed by atoms with E-state index < -0.39 is 0 Å². The number of benzene rings is 1. The first-order valence-corrected chi connectivity index (χ1v) is 7.46. The molecule has 106 valence electrons. The van der Waals surface area contributed by atoms with Crippen LogP contribution in [0.15, 0.2) is 24.3 Å². The van der Waals surface area contributed by atoms with E-state index in [4.69, 9.17) is 5.73 Å². The summed E-state index contributed by atoms with van der Waals surface area (Å²) in [7, 11) is 0. The number of hydrogen-bond acceptors (Lipinski definition) is 3. The normalized spacial score (nSPS) is 23.7. The van der Waals surface area contributed by atoms with Gasteiger partial charge in [0.15, 0.2) is 0 Å². The lowest BCUT2D eigenvalue weighted by molar-refractivity contribution is 0.142. The first-order chi connectivity index (χ1) is 9.19. The third kappa shape index (κ3) is 4.22. The van der Waals surface area contributed by atoms with Gasteiger partial charge in [0.05, 0.1) is 0 Å². The minimum atomic E-state index is 0.342. The molecule has 0 bridgehead atoms. The van der Waals surface area contributed by atoms with Crippen LogP contribution in [0.4, 0.5) is 0 Å². The molecular formula is C16H26N2O. The standard InChI is InChI=1S/C16H26N2O/c1-2-11-18(15-7-5-14(17)6-8-15)12-13-3-9-16(19)10-4-13/h3-4,9-10,14-15,19H,2,5-8,11-12,17H2,1H3. The van der Waals surface area contributed by atoms with E-state index >= 15 is 0 Å². The summed E-state index contributed by atoms with van der Waals surface area (Å²) in [5.74, 6) is 0.342. The molecule has 3 N–H and O–H groups in total. The van der Waals surface area contributed by atoms with E-state index in [9.17, 15) is 5.11 Å². The van der Waals surface area contributed by atoms with Crippen molar-refractivity contribution in [3.05, 3.63) is 29.8 Å². The molecule has 1 saturated carbocycles. The first kappa shape index (κ1) is 14.4. The summed E-state index contributed by atoms with van der Waals surface area (Å²) in [5, 5.41) is 9.34. The van der Waals surface area contributed by atoms with Gasteiger partial charge in [0.1, 0.15) is 5.75 Å². The van der Waals surface area contributed by atoms with Gasteiger partial charge in [0.25, 0.3) is 0 Å². The van der Waals surface area contributed by atoms with Crippen LogP contribution in [0.2, 0.25) is 0 Å². The maximum atomic E-state index is 9.34. The van der Waals surface area contributed by atoms with E-state index in [0.717, 1.165) is 25.9 Å². The largest absolute Gasteiger partial charge is 0.508 e. The van der Waals surface area contributed by atoms with Crippen LogP contribution in [-0.4, -0.2) is 28.6 Å². The van der Waals surface area contributed by atoms with Crippen molar-refractivity contribution in [2.75, 3.05) is 6.54 Å². The molecule has 0 saturated heterocycles. The highest BCUT2D eigenvalue weighted by Gasteiger charge is 2.23. The molecule has 19 heavy (non-hydrogen) atoms. The molecule has 2 rings (SSSR count). The zero-order valence-corrected chi connectivity index (χ0v) is 11.9. The number of rotatable bonds is 5. The van der Waals surface area contributed by atoms with E-state index in [0.29, 0.717) is 17.8 Å². The number of hydrogen-bond donors (Lipinski definition) is 2. The number of aromatic hydroxyl groups is 1. The van der Waals surface area contributed by atoms with Crippen molar-refractivity contribution in [1.29, 1.82) is 0 Å². The fourth-order valence-electron chi connectivity index (χ4n) is 2.98. The van der Waals surface area contributed by atoms with Crippen molar-refractivity contribution in [1.82, 2.24) is 4.90 Å². The van der Waals surface area contributed by atoms with Gasteiger partial charge in [0.2, 0.25) is 0 Å². The van der Waals surface area contributed by atoms with Crippen LogP contribution in [0.3, 0.4) is 0 Å². The predicted molar refractivity (Wildman–Crippen MR) is 79.0 cm³/mol. The van der Waals surface area contributed by atoms with E-state index in [2.05, 4.69) is 11.8 Å². The molecule has 0 unspecified atom stereocenters. The van der Waals surface area contributed by atoms with Gasteiger partial charge in [-0.1, -0.05) is 19.1 Å². The van der Waals surface area contributed by atoms with Crippen LogP contribution in [0.25, 0.3) is 0 Å². The average molecular weight is 262 g/mol. The summed E-state index contributed by atoms with van der Waals surface area (Å²) in [6.07, 6.45) is 5.93. The molecule has 0 atom stereocenters. The van der Waals surface area contributed by atoms with Crippen LogP contribution in [-0.2, 0) is 6.54 Å². The van der Waals surface area contributed by atoms with Gasteiger partial charge in [-0.15, -0.1) is 0 Å². The van der Waals surface area contributed by atoms with E-state index in [1.807, 2.05) is 12.1 Å². The Morgan fingerprint density at radius 2 is 1.79 bits per heavy atom. The second kappa shape index (κ2) is 6.92. The quantitative estimate of drug-likeness (QED) is 0.858. The Bertz CT molecular complexity index is 369. The summed E-state index contributed by atoms with van der Waals surface area (Å²) < 4.78 is 0. The third-order valence-electron chi connectivity index (χ3n) is 4.09. The van der Waals surface area contributed by atoms with Gasteiger partial charge >= 0.3 is 0 Å². The van der Waals surface area contributed by atoms with Gasteiger partial charge in [-0.2, -0.15) is 0 Å². The molecule has 1 aromatic carbocycles. The summed E-state index contributed by atoms with van der Waals surface area (Å²) >= 11 is 0. The van der Waals surface area contributed by atoms with Crippen LogP contribution in [0, 0.1) is 0 Å². The van der Waals surface area contributed by atoms with Crippen molar-refractivity contribution >= 4 is 0 Å². The Hall–Kier alpha value is -1.06. The van der Waals surface area contributed by atoms with Gasteiger partial charge in [-0.25, -0.2) is 0 Å². The summed E-state index contributed by atoms with van der Waals surface area (Å²) in [6, 6.07) is 8.67. The highest BCUT2D eigenvalue weighted by Crippen LogP contribution is 2.24. The fourth-order valence-corrected chi connectivity index (χ4v) is 2.98. The number of nitrogens with zero attached hydrogens (tertiary/aromatic N) is 1. The van der Waals surface area contributed by atoms with Gasteiger partial charge in [-0.05, 0) is 56.3 Å². The maximum Gasteiger partial charge on any atom is 0.115 e. The highest BCUT2D eigenvalue weighted by molar-refractivity contribution is 5.25. The van der Waals surface area contributed by atoms with E-state index in [1.54, 1.807) is 12.1 Å². The lowest BCUT2D eigenvalue weighted by Crippen LogP contribution is -2.40. The Kier molecular flexibility index (Phi) is 5.23. The molecule has 0 amide bonds. The molecule has 3 nitrogen and oxygen atoms in total. The molecular weight excluding hydrogens is 236 g/mol. The molecule has 0 heterocycles. The SMILES string of the molecule is CCCN(Cc1ccc(O)cc1)C1CCC(N)CC1. The highest BCUT2D eigenvalue weighted by atomic mass is 16.3. The second-order valence-electron chi connectivity index (χ2n) is 5.71. The van der Waals surface area contributed by atoms with E-state index in [-0.39, 0.29) is 0 Å². The van der Waals surface area contributed by atoms with Crippen LogP contribution >= 0.6 is 0 Å². The molecule has 1 aliphatic rings. The summed E-state index contributed by atoms with van der Waals surface area (Å²) in [4.78, 5) is 2.58. The van der Waals surface area contributed by atoms with Gasteiger partial charge in [0, 0.05) is 18.6 Å². The van der Waals surface area contributed by atoms with Crippen molar-refractivity contribution in [2.24, 2.45) is 5.73 Å². The minimum absolute atomic E-state index is 0.342. The predicted octanol–water partition coefficient (Wildman–Crippen LogP) is 2.87. The van der Waals surface area contributed by atoms with Crippen molar-refractivity contribution in [3.8, 4) is 5.75 Å². The molecule has 1 fully saturated rings. The monoisotopic (exact) mass is 262 g/mol. The zero-order chi connectivity index (χ0) is 13.7. The maximum absolute atomic E-state index is 9.34. The Labute approximate surface area is 116 Å². The fraction of sp³-hybridized carbons (Fsp3) is 0.625. The molecule has 0 aliphatic heterocycles. The molecule has 1 aliphatic carbocycles. The Morgan fingerprint density at radius 1 is 1.16 bits per heavy atom. The lowest BCUT2D eigenvalue weighted by atomic mass is 9.90. The van der Waals surface area contributed by atoms with Crippen molar-refractivity contribution in [2.45, 2.75) is 57.7 Å². The third-order valence-corrected chi connectivity index (χ3v) is 4.09. The minimum Gasteiger partial charge on any atom is -0.508 e. The molecule has 3 heteroatoms. The summed E-state index contributed by atoms with van der Waals surface area (Å²) in [5.41, 5.74) is 7.27. The molecule has 0 spiro atoms. The number of phenols is 1. The Balaban J connectivity index is 1.97. The number of nitrogens with two attached hydrogens (primary N) is 1. The van der Waals surface area contributed by atoms with Crippen molar-refractivity contribution in [3.63, 3.8) is 0 Å². The van der Waals surface area contributed by atoms with Crippen LogP contribution in [0.1, 0.15) is 44.6 Å². The van der Waals surface area contributed by atoms with Gasteiger partial charge in [-0.3, -0.25) is 4.90 Å². The van der Waals surface area contributed by atoms with Crippen LogP contribution in [0.5, 0.6) is 5.75 Å². The molecule has 0 aromatic heterocycles. The average Bonchev–Trinajstić information content (AvgIpc) is 2.42.